The second-order valence-electron chi connectivity index (χ2n) is 6.56. The van der Waals surface area contributed by atoms with Gasteiger partial charge in [0.15, 0.2) is 11.9 Å². The van der Waals surface area contributed by atoms with Crippen molar-refractivity contribution < 1.29 is 14.3 Å². The van der Waals surface area contributed by atoms with Gasteiger partial charge >= 0.3 is 0 Å². The van der Waals surface area contributed by atoms with Gasteiger partial charge in [0.25, 0.3) is 5.91 Å². The Balaban J connectivity index is 2.46. The van der Waals surface area contributed by atoms with E-state index in [1.54, 1.807) is 31.2 Å². The van der Waals surface area contributed by atoms with E-state index in [9.17, 15) is 9.59 Å². The molecule has 1 amide bonds. The predicted octanol–water partition coefficient (Wildman–Crippen LogP) is 2.89. The molecular formula is C19H30N2O3. The van der Waals surface area contributed by atoms with Gasteiger partial charge in [-0.1, -0.05) is 0 Å². The largest absolute Gasteiger partial charge is 0.481 e. The van der Waals surface area contributed by atoms with E-state index in [1.807, 2.05) is 0 Å². The normalized spacial score (nSPS) is 12.5. The van der Waals surface area contributed by atoms with Gasteiger partial charge in [0, 0.05) is 30.7 Å². The summed E-state index contributed by atoms with van der Waals surface area (Å²) in [5, 5.41) is 2.91. The summed E-state index contributed by atoms with van der Waals surface area (Å²) in [7, 11) is 0. The summed E-state index contributed by atoms with van der Waals surface area (Å²) in [6.07, 6.45) is -0.584. The van der Waals surface area contributed by atoms with Crippen LogP contribution in [0.15, 0.2) is 24.3 Å². The number of ether oxygens (including phenoxy) is 1. The van der Waals surface area contributed by atoms with E-state index >= 15 is 0 Å². The number of nitrogens with zero attached hydrogens (tertiary/aromatic N) is 1. The second-order valence-corrected chi connectivity index (χ2v) is 6.56. The molecule has 0 aliphatic rings. The quantitative estimate of drug-likeness (QED) is 0.706. The molecule has 1 rings (SSSR count). The van der Waals surface area contributed by atoms with Gasteiger partial charge in [-0.05, 0) is 65.8 Å². The van der Waals surface area contributed by atoms with Crippen LogP contribution in [0.3, 0.4) is 0 Å². The maximum atomic E-state index is 12.1. The van der Waals surface area contributed by atoms with E-state index in [-0.39, 0.29) is 11.7 Å². The zero-order valence-electron chi connectivity index (χ0n) is 15.6. The number of carbonyl (C=O) groups is 2. The van der Waals surface area contributed by atoms with E-state index in [0.29, 0.717) is 29.9 Å². The number of Topliss-reactive ketones (excluding diaryl/α,β-unsaturated/α-hetero) is 1. The molecule has 0 saturated carbocycles. The van der Waals surface area contributed by atoms with Crippen LogP contribution in [0.2, 0.25) is 0 Å². The molecule has 0 saturated heterocycles. The Morgan fingerprint density at radius 1 is 1.04 bits per heavy atom. The third kappa shape index (κ3) is 6.32. The van der Waals surface area contributed by atoms with Crippen molar-refractivity contribution in [3.05, 3.63) is 29.8 Å². The highest BCUT2D eigenvalue weighted by Crippen LogP contribution is 2.14. The Morgan fingerprint density at radius 2 is 1.58 bits per heavy atom. The van der Waals surface area contributed by atoms with Crippen LogP contribution in [-0.2, 0) is 4.79 Å². The molecule has 0 spiro atoms. The predicted molar refractivity (Wildman–Crippen MR) is 96.5 cm³/mol. The molecule has 1 aromatic rings. The average molecular weight is 334 g/mol. The first-order valence-corrected chi connectivity index (χ1v) is 8.53. The van der Waals surface area contributed by atoms with Crippen molar-refractivity contribution in [1.29, 1.82) is 0 Å². The second kappa shape index (κ2) is 9.42. The number of nitrogens with one attached hydrogen (secondary N) is 1. The highest BCUT2D eigenvalue weighted by Gasteiger charge is 2.17. The van der Waals surface area contributed by atoms with Crippen LogP contribution in [0.1, 0.15) is 51.9 Å². The number of ketones is 1. The number of amides is 1. The van der Waals surface area contributed by atoms with E-state index in [4.69, 9.17) is 4.74 Å². The highest BCUT2D eigenvalue weighted by atomic mass is 16.5. The minimum absolute atomic E-state index is 0.00667. The van der Waals surface area contributed by atoms with E-state index in [1.165, 1.54) is 6.92 Å². The van der Waals surface area contributed by atoms with Gasteiger partial charge in [-0.25, -0.2) is 0 Å². The fraction of sp³-hybridized carbons (Fsp3) is 0.579. The lowest BCUT2D eigenvalue weighted by atomic mass is 10.1. The first-order chi connectivity index (χ1) is 11.2. The first kappa shape index (κ1) is 20.2. The van der Waals surface area contributed by atoms with Crippen LogP contribution >= 0.6 is 0 Å². The molecule has 1 atom stereocenters. The molecule has 134 valence electrons. The molecular weight excluding hydrogens is 304 g/mol. The Hall–Kier alpha value is -1.88. The summed E-state index contributed by atoms with van der Waals surface area (Å²) < 4.78 is 5.63. The van der Waals surface area contributed by atoms with Crippen molar-refractivity contribution in [2.45, 2.75) is 59.7 Å². The van der Waals surface area contributed by atoms with Gasteiger partial charge in [0.2, 0.25) is 0 Å². The number of rotatable bonds is 9. The van der Waals surface area contributed by atoms with Crippen LogP contribution in [0, 0.1) is 0 Å². The number of hydrogen-bond donors (Lipinski definition) is 1. The fourth-order valence-corrected chi connectivity index (χ4v) is 2.59. The third-order valence-corrected chi connectivity index (χ3v) is 3.94. The molecule has 0 heterocycles. The Bertz CT molecular complexity index is 530. The lowest BCUT2D eigenvalue weighted by Gasteiger charge is -2.30. The Labute approximate surface area is 145 Å². The topological polar surface area (TPSA) is 58.6 Å². The first-order valence-electron chi connectivity index (χ1n) is 8.53. The van der Waals surface area contributed by atoms with Gasteiger partial charge < -0.3 is 10.1 Å². The average Bonchev–Trinajstić information content (AvgIpc) is 2.50. The number of hydrogen-bond acceptors (Lipinski definition) is 4. The monoisotopic (exact) mass is 334 g/mol. The molecule has 24 heavy (non-hydrogen) atoms. The standard InChI is InChI=1S/C19H30N2O3/c1-13(2)21(14(3)4)12-11-20-19(23)16(6)24-18-9-7-17(8-10-18)15(5)22/h7-10,13-14,16H,11-12H2,1-6H3,(H,20,23). The molecule has 0 bridgehead atoms. The van der Waals surface area contributed by atoms with Crippen molar-refractivity contribution in [1.82, 2.24) is 10.2 Å². The summed E-state index contributed by atoms with van der Waals surface area (Å²) >= 11 is 0. The van der Waals surface area contributed by atoms with Crippen molar-refractivity contribution in [2.24, 2.45) is 0 Å². The van der Waals surface area contributed by atoms with Gasteiger partial charge in [0.1, 0.15) is 5.75 Å². The van der Waals surface area contributed by atoms with Crippen molar-refractivity contribution in [3.8, 4) is 5.75 Å². The molecule has 0 aliphatic carbocycles. The summed E-state index contributed by atoms with van der Waals surface area (Å²) in [4.78, 5) is 25.7. The molecule has 5 heteroatoms. The molecule has 0 aromatic heterocycles. The summed E-state index contributed by atoms with van der Waals surface area (Å²) in [5.74, 6) is 0.443. The maximum Gasteiger partial charge on any atom is 0.260 e. The zero-order chi connectivity index (χ0) is 18.3. The van der Waals surface area contributed by atoms with Gasteiger partial charge in [-0.2, -0.15) is 0 Å². The Morgan fingerprint density at radius 3 is 2.04 bits per heavy atom. The summed E-state index contributed by atoms with van der Waals surface area (Å²) in [6.45, 7) is 13.2. The minimum atomic E-state index is -0.584. The van der Waals surface area contributed by atoms with Crippen LogP contribution < -0.4 is 10.1 Å². The highest BCUT2D eigenvalue weighted by molar-refractivity contribution is 5.94. The van der Waals surface area contributed by atoms with Crippen LogP contribution in [0.5, 0.6) is 5.75 Å². The van der Waals surface area contributed by atoms with E-state index < -0.39 is 6.10 Å². The van der Waals surface area contributed by atoms with E-state index in [2.05, 4.69) is 37.9 Å². The van der Waals surface area contributed by atoms with Gasteiger partial charge in [-0.15, -0.1) is 0 Å². The minimum Gasteiger partial charge on any atom is -0.481 e. The molecule has 0 fully saturated rings. The zero-order valence-corrected chi connectivity index (χ0v) is 15.6. The van der Waals surface area contributed by atoms with Crippen molar-refractivity contribution >= 4 is 11.7 Å². The molecule has 1 N–H and O–H groups in total. The van der Waals surface area contributed by atoms with Crippen LogP contribution in [-0.4, -0.2) is 47.9 Å². The molecule has 1 aromatic carbocycles. The molecule has 0 radical (unpaired) electrons. The van der Waals surface area contributed by atoms with Crippen molar-refractivity contribution in [2.75, 3.05) is 13.1 Å². The summed E-state index contributed by atoms with van der Waals surface area (Å²) in [6, 6.07) is 7.70. The number of benzene rings is 1. The lowest BCUT2D eigenvalue weighted by Crippen LogP contribution is -2.44. The third-order valence-electron chi connectivity index (χ3n) is 3.94. The molecule has 5 nitrogen and oxygen atoms in total. The summed E-state index contributed by atoms with van der Waals surface area (Å²) in [5.41, 5.74) is 0.627. The van der Waals surface area contributed by atoms with E-state index in [0.717, 1.165) is 6.54 Å². The van der Waals surface area contributed by atoms with Gasteiger partial charge in [0.05, 0.1) is 0 Å². The Kier molecular flexibility index (Phi) is 7.92. The lowest BCUT2D eigenvalue weighted by molar-refractivity contribution is -0.127. The SMILES string of the molecule is CC(=O)c1ccc(OC(C)C(=O)NCCN(C(C)C)C(C)C)cc1. The fourth-order valence-electron chi connectivity index (χ4n) is 2.59. The molecule has 1 unspecified atom stereocenters. The number of carbonyl (C=O) groups excluding carboxylic acids is 2. The smallest absolute Gasteiger partial charge is 0.260 e. The van der Waals surface area contributed by atoms with Crippen LogP contribution in [0.25, 0.3) is 0 Å². The van der Waals surface area contributed by atoms with Gasteiger partial charge in [-0.3, -0.25) is 14.5 Å². The maximum absolute atomic E-state index is 12.1. The molecule has 0 aliphatic heterocycles. The van der Waals surface area contributed by atoms with Crippen LogP contribution in [0.4, 0.5) is 0 Å². The van der Waals surface area contributed by atoms with Crippen molar-refractivity contribution in [3.63, 3.8) is 0 Å².